The molecule has 1 aliphatic heterocycles. The summed E-state index contributed by atoms with van der Waals surface area (Å²) in [5.74, 6) is 0.743. The molecule has 0 bridgehead atoms. The number of nitrogens with zero attached hydrogens (tertiary/aromatic N) is 1. The topological polar surface area (TPSA) is 32.7 Å². The van der Waals surface area contributed by atoms with Crippen LogP contribution in [-0.2, 0) is 4.74 Å². The lowest BCUT2D eigenvalue weighted by Crippen LogP contribution is -2.26. The summed E-state index contributed by atoms with van der Waals surface area (Å²) < 4.78 is 5.49. The van der Waals surface area contributed by atoms with Crippen molar-refractivity contribution < 1.29 is 9.84 Å². The molecule has 3 nitrogen and oxygen atoms in total. The molecule has 0 aliphatic carbocycles. The van der Waals surface area contributed by atoms with E-state index in [9.17, 15) is 5.11 Å². The Hall–Kier alpha value is -1.97. The van der Waals surface area contributed by atoms with Crippen LogP contribution in [0.15, 0.2) is 48.5 Å². The van der Waals surface area contributed by atoms with Gasteiger partial charge in [-0.15, -0.1) is 0 Å². The summed E-state index contributed by atoms with van der Waals surface area (Å²) in [7, 11) is 1.64. The minimum atomic E-state index is -1.15. The van der Waals surface area contributed by atoms with Crippen molar-refractivity contribution in [2.45, 2.75) is 5.69 Å². The first-order valence-electron chi connectivity index (χ1n) is 6.28. The van der Waals surface area contributed by atoms with E-state index in [0.29, 0.717) is 0 Å². The standard InChI is InChI=1S/C16H14ClNO2/c1-20-15-10-11-6-2-4-8-13(11)18(16(17)19)14-9-5-3-7-12(14)15/h2-10,16,19H,1H3. The zero-order valence-corrected chi connectivity index (χ0v) is 11.7. The van der Waals surface area contributed by atoms with Crippen molar-refractivity contribution in [2.24, 2.45) is 0 Å². The molecule has 102 valence electrons. The van der Waals surface area contributed by atoms with Crippen LogP contribution in [0.5, 0.6) is 0 Å². The summed E-state index contributed by atoms with van der Waals surface area (Å²) in [4.78, 5) is 1.69. The third kappa shape index (κ3) is 2.05. The predicted octanol–water partition coefficient (Wildman–Crippen LogP) is 3.80. The molecule has 0 saturated carbocycles. The van der Waals surface area contributed by atoms with Crippen LogP contribution < -0.4 is 4.90 Å². The molecular weight excluding hydrogens is 274 g/mol. The molecule has 0 amide bonds. The van der Waals surface area contributed by atoms with Gasteiger partial charge in [0, 0.05) is 11.1 Å². The third-order valence-corrected chi connectivity index (χ3v) is 3.54. The van der Waals surface area contributed by atoms with E-state index in [-0.39, 0.29) is 0 Å². The fourth-order valence-electron chi connectivity index (χ4n) is 2.47. The predicted molar refractivity (Wildman–Crippen MR) is 81.8 cm³/mol. The largest absolute Gasteiger partial charge is 0.496 e. The Bertz CT molecular complexity index is 667. The number of aliphatic hydroxyl groups is 1. The van der Waals surface area contributed by atoms with Crippen molar-refractivity contribution in [3.63, 3.8) is 0 Å². The molecule has 0 aromatic heterocycles. The van der Waals surface area contributed by atoms with Crippen molar-refractivity contribution in [1.82, 2.24) is 0 Å². The molecule has 3 rings (SSSR count). The lowest BCUT2D eigenvalue weighted by Gasteiger charge is -2.28. The zero-order valence-electron chi connectivity index (χ0n) is 11.0. The lowest BCUT2D eigenvalue weighted by molar-refractivity contribution is 0.262. The number of halogens is 1. The zero-order chi connectivity index (χ0) is 14.1. The van der Waals surface area contributed by atoms with Crippen molar-refractivity contribution in [3.8, 4) is 0 Å². The fourth-order valence-corrected chi connectivity index (χ4v) is 2.68. The van der Waals surface area contributed by atoms with Crippen molar-refractivity contribution >= 4 is 34.8 Å². The van der Waals surface area contributed by atoms with Crippen LogP contribution in [0.4, 0.5) is 11.4 Å². The molecule has 1 N–H and O–H groups in total. The monoisotopic (exact) mass is 287 g/mol. The number of ether oxygens (including phenoxy) is 1. The van der Waals surface area contributed by atoms with Crippen molar-refractivity contribution in [1.29, 1.82) is 0 Å². The van der Waals surface area contributed by atoms with Gasteiger partial charge in [-0.1, -0.05) is 41.9 Å². The maximum absolute atomic E-state index is 9.98. The minimum absolute atomic E-state index is 0.743. The summed E-state index contributed by atoms with van der Waals surface area (Å²) in [5, 5.41) is 9.98. The molecule has 0 radical (unpaired) electrons. The number of hydrogen-bond donors (Lipinski definition) is 1. The van der Waals surface area contributed by atoms with Gasteiger partial charge in [0.1, 0.15) is 5.76 Å². The maximum atomic E-state index is 9.98. The fraction of sp³-hybridized carbons (Fsp3) is 0.125. The van der Waals surface area contributed by atoms with Crippen molar-refractivity contribution in [2.75, 3.05) is 12.0 Å². The van der Waals surface area contributed by atoms with E-state index in [2.05, 4.69) is 0 Å². The third-order valence-electron chi connectivity index (χ3n) is 3.34. The summed E-state index contributed by atoms with van der Waals surface area (Å²) >= 11 is 5.99. The Morgan fingerprint density at radius 3 is 2.40 bits per heavy atom. The first-order valence-corrected chi connectivity index (χ1v) is 6.71. The normalized spacial score (nSPS) is 14.8. The minimum Gasteiger partial charge on any atom is -0.496 e. The van der Waals surface area contributed by atoms with E-state index in [1.54, 1.807) is 12.0 Å². The van der Waals surface area contributed by atoms with Crippen molar-refractivity contribution in [3.05, 3.63) is 59.7 Å². The second-order valence-electron chi connectivity index (χ2n) is 4.47. The Morgan fingerprint density at radius 1 is 1.05 bits per heavy atom. The first-order chi connectivity index (χ1) is 9.72. The van der Waals surface area contributed by atoms with E-state index in [4.69, 9.17) is 16.3 Å². The van der Waals surface area contributed by atoms with E-state index in [0.717, 1.165) is 28.3 Å². The van der Waals surface area contributed by atoms with Gasteiger partial charge in [0.25, 0.3) is 0 Å². The quantitative estimate of drug-likeness (QED) is 0.674. The summed E-state index contributed by atoms with van der Waals surface area (Å²) in [6.07, 6.45) is 1.95. The second kappa shape index (κ2) is 5.19. The smallest absolute Gasteiger partial charge is 0.209 e. The van der Waals surface area contributed by atoms with Gasteiger partial charge in [0.2, 0.25) is 5.69 Å². The van der Waals surface area contributed by atoms with Gasteiger partial charge in [-0.05, 0) is 24.3 Å². The van der Waals surface area contributed by atoms with Crippen LogP contribution in [0.1, 0.15) is 11.1 Å². The highest BCUT2D eigenvalue weighted by Gasteiger charge is 2.25. The van der Waals surface area contributed by atoms with Crippen LogP contribution in [-0.4, -0.2) is 17.9 Å². The second-order valence-corrected chi connectivity index (χ2v) is 4.86. The molecule has 1 unspecified atom stereocenters. The molecule has 1 aliphatic rings. The number of para-hydroxylation sites is 2. The molecule has 0 spiro atoms. The highest BCUT2D eigenvalue weighted by molar-refractivity contribution is 6.21. The van der Waals surface area contributed by atoms with Gasteiger partial charge < -0.3 is 14.7 Å². The summed E-state index contributed by atoms with van der Waals surface area (Å²) in [5.41, 5.74) is 2.34. The van der Waals surface area contributed by atoms with E-state index < -0.39 is 5.69 Å². The summed E-state index contributed by atoms with van der Waals surface area (Å²) in [6, 6.07) is 15.4. The van der Waals surface area contributed by atoms with Gasteiger partial charge in [0.15, 0.2) is 0 Å². The number of benzene rings is 2. The Kier molecular flexibility index (Phi) is 3.38. The van der Waals surface area contributed by atoms with Crippen LogP contribution in [0.25, 0.3) is 11.8 Å². The number of hydrogen-bond acceptors (Lipinski definition) is 3. The molecule has 20 heavy (non-hydrogen) atoms. The lowest BCUT2D eigenvalue weighted by atomic mass is 10.1. The molecule has 4 heteroatoms. The Balaban J connectivity index is 2.32. The highest BCUT2D eigenvalue weighted by Crippen LogP contribution is 2.41. The number of aliphatic hydroxyl groups excluding tert-OH is 1. The molecule has 2 aromatic rings. The molecule has 1 heterocycles. The Labute approximate surface area is 122 Å². The highest BCUT2D eigenvalue weighted by atomic mass is 35.5. The van der Waals surface area contributed by atoms with Crippen LogP contribution in [0.2, 0.25) is 0 Å². The average Bonchev–Trinajstić information content (AvgIpc) is 2.61. The maximum Gasteiger partial charge on any atom is 0.209 e. The number of fused-ring (bicyclic) bond motifs is 2. The molecule has 0 saturated heterocycles. The number of methoxy groups -OCH3 is 1. The van der Waals surface area contributed by atoms with E-state index in [1.165, 1.54) is 0 Å². The SMILES string of the molecule is COC1=Cc2ccccc2N(C(O)Cl)c2ccccc21. The van der Waals surface area contributed by atoms with E-state index in [1.807, 2.05) is 54.6 Å². The molecule has 0 fully saturated rings. The molecule has 1 atom stereocenters. The number of alkyl halides is 1. The molecular formula is C16H14ClNO2. The molecule has 2 aromatic carbocycles. The number of rotatable bonds is 2. The number of anilines is 2. The average molecular weight is 288 g/mol. The van der Waals surface area contributed by atoms with Gasteiger partial charge >= 0.3 is 0 Å². The van der Waals surface area contributed by atoms with Gasteiger partial charge in [-0.25, -0.2) is 0 Å². The van der Waals surface area contributed by atoms with Crippen LogP contribution >= 0.6 is 11.6 Å². The Morgan fingerprint density at radius 2 is 1.70 bits per heavy atom. The van der Waals surface area contributed by atoms with Crippen LogP contribution in [0.3, 0.4) is 0 Å². The van der Waals surface area contributed by atoms with Crippen LogP contribution in [0, 0.1) is 0 Å². The van der Waals surface area contributed by atoms with Gasteiger partial charge in [0.05, 0.1) is 18.5 Å². The van der Waals surface area contributed by atoms with Gasteiger partial charge in [-0.3, -0.25) is 0 Å². The van der Waals surface area contributed by atoms with E-state index >= 15 is 0 Å². The van der Waals surface area contributed by atoms with Gasteiger partial charge in [-0.2, -0.15) is 0 Å². The summed E-state index contributed by atoms with van der Waals surface area (Å²) in [6.45, 7) is 0. The first kappa shape index (κ1) is 13.0.